The number of carbonyl (C=O) groups excluding carboxylic acids is 1. The fourth-order valence-corrected chi connectivity index (χ4v) is 2.99. The summed E-state index contributed by atoms with van der Waals surface area (Å²) in [7, 11) is 1.98. The third-order valence-corrected chi connectivity index (χ3v) is 4.90. The van der Waals surface area contributed by atoms with Crippen molar-refractivity contribution < 1.29 is 23.0 Å². The molecule has 0 radical (unpaired) electrons. The van der Waals surface area contributed by atoms with Gasteiger partial charge in [0.2, 0.25) is 0 Å². The van der Waals surface area contributed by atoms with E-state index in [1.807, 2.05) is 20.9 Å². The topological polar surface area (TPSA) is 96.3 Å². The van der Waals surface area contributed by atoms with Crippen LogP contribution in [-0.2, 0) is 4.74 Å². The summed E-state index contributed by atoms with van der Waals surface area (Å²) in [6, 6.07) is 7.53. The van der Waals surface area contributed by atoms with Gasteiger partial charge in [-0.3, -0.25) is 15.2 Å². The maximum Gasteiger partial charge on any atom is 0.387 e. The molecule has 1 aromatic carbocycles. The molecule has 0 bridgehead atoms. The lowest BCUT2D eigenvalue weighted by molar-refractivity contribution is -0.0498. The summed E-state index contributed by atoms with van der Waals surface area (Å²) in [6.07, 6.45) is 3.17. The molecule has 32 heavy (non-hydrogen) atoms. The standard InChI is InChI=1S/C17H17F2N3O2.C6H13NO/c1-10(2)22-14-6-11(9-23)8-21-16(14)15(20)12-4-3-5-13(7-12)24-17(18)19;1-6(7-2)3-4-8-5-6/h3-10,17,20,22H,1-2H3;7H,3-5H2,1-2H3. The number of carbonyl (C=O) groups is 1. The van der Waals surface area contributed by atoms with Crippen molar-refractivity contribution in [2.75, 3.05) is 25.6 Å². The number of nitrogens with one attached hydrogen (secondary N) is 3. The average Bonchev–Trinajstić information content (AvgIpc) is 3.20. The van der Waals surface area contributed by atoms with E-state index in [0.717, 1.165) is 19.6 Å². The van der Waals surface area contributed by atoms with Crippen LogP contribution >= 0.6 is 0 Å². The Labute approximate surface area is 187 Å². The number of hydrogen-bond acceptors (Lipinski definition) is 7. The third-order valence-electron chi connectivity index (χ3n) is 4.90. The van der Waals surface area contributed by atoms with Crippen molar-refractivity contribution in [1.29, 1.82) is 5.41 Å². The second-order valence-corrected chi connectivity index (χ2v) is 7.98. The summed E-state index contributed by atoms with van der Waals surface area (Å²) < 4.78 is 34.2. The van der Waals surface area contributed by atoms with Gasteiger partial charge in [0.1, 0.15) is 11.4 Å². The van der Waals surface area contributed by atoms with Gasteiger partial charge in [-0.25, -0.2) is 0 Å². The number of rotatable bonds is 8. The number of aromatic nitrogens is 1. The minimum Gasteiger partial charge on any atom is -0.435 e. The van der Waals surface area contributed by atoms with Crippen molar-refractivity contribution in [3.63, 3.8) is 0 Å². The second-order valence-electron chi connectivity index (χ2n) is 7.98. The Bertz CT molecular complexity index is 916. The van der Waals surface area contributed by atoms with Crippen LogP contribution in [0.4, 0.5) is 14.5 Å². The number of pyridine rings is 1. The van der Waals surface area contributed by atoms with E-state index in [9.17, 15) is 13.6 Å². The highest BCUT2D eigenvalue weighted by Crippen LogP contribution is 2.22. The number of ether oxygens (including phenoxy) is 2. The van der Waals surface area contributed by atoms with E-state index in [4.69, 9.17) is 10.1 Å². The molecule has 1 aliphatic heterocycles. The Hall–Kier alpha value is -2.91. The van der Waals surface area contributed by atoms with Crippen molar-refractivity contribution in [1.82, 2.24) is 10.3 Å². The molecular weight excluding hydrogens is 418 g/mol. The predicted octanol–water partition coefficient (Wildman–Crippen LogP) is 4.12. The van der Waals surface area contributed by atoms with Gasteiger partial charge in [-0.05, 0) is 52.4 Å². The summed E-state index contributed by atoms with van der Waals surface area (Å²) >= 11 is 0. The Kier molecular flexibility index (Phi) is 9.22. The molecule has 1 unspecified atom stereocenters. The summed E-state index contributed by atoms with van der Waals surface area (Å²) in [5, 5.41) is 14.7. The van der Waals surface area contributed by atoms with E-state index in [-0.39, 0.29) is 23.0 Å². The van der Waals surface area contributed by atoms with Crippen LogP contribution in [-0.4, -0.2) is 55.4 Å². The fourth-order valence-electron chi connectivity index (χ4n) is 2.99. The number of benzene rings is 1. The van der Waals surface area contributed by atoms with Gasteiger partial charge in [-0.15, -0.1) is 0 Å². The van der Waals surface area contributed by atoms with Gasteiger partial charge >= 0.3 is 6.61 Å². The van der Waals surface area contributed by atoms with Gasteiger partial charge in [0.15, 0.2) is 6.29 Å². The van der Waals surface area contributed by atoms with Crippen molar-refractivity contribution in [2.24, 2.45) is 0 Å². The molecule has 3 rings (SSSR count). The van der Waals surface area contributed by atoms with Gasteiger partial charge < -0.3 is 20.1 Å². The van der Waals surface area contributed by atoms with Gasteiger partial charge in [0.25, 0.3) is 0 Å². The Balaban J connectivity index is 0.000000380. The normalized spacial score (nSPS) is 17.6. The van der Waals surface area contributed by atoms with Crippen LogP contribution in [0.15, 0.2) is 36.5 Å². The smallest absolute Gasteiger partial charge is 0.387 e. The number of aldehydes is 1. The number of halogens is 2. The molecule has 2 aromatic rings. The summed E-state index contributed by atoms with van der Waals surface area (Å²) in [6.45, 7) is 4.86. The highest BCUT2D eigenvalue weighted by molar-refractivity contribution is 6.13. The van der Waals surface area contributed by atoms with Gasteiger partial charge in [0.05, 0.1) is 18.0 Å². The van der Waals surface area contributed by atoms with E-state index < -0.39 is 6.61 Å². The first-order valence-corrected chi connectivity index (χ1v) is 10.3. The van der Waals surface area contributed by atoms with Gasteiger partial charge in [-0.1, -0.05) is 12.1 Å². The van der Waals surface area contributed by atoms with Crippen LogP contribution in [0.3, 0.4) is 0 Å². The lowest BCUT2D eigenvalue weighted by Crippen LogP contribution is -2.39. The van der Waals surface area contributed by atoms with Crippen LogP contribution < -0.4 is 15.4 Å². The van der Waals surface area contributed by atoms with Crippen LogP contribution in [0.5, 0.6) is 5.75 Å². The quantitative estimate of drug-likeness (QED) is 0.415. The molecule has 2 heterocycles. The molecule has 0 aliphatic carbocycles. The fraction of sp³-hybridized carbons (Fsp3) is 0.435. The highest BCUT2D eigenvalue weighted by atomic mass is 19.3. The van der Waals surface area contributed by atoms with E-state index in [0.29, 0.717) is 28.8 Å². The third kappa shape index (κ3) is 7.35. The summed E-state index contributed by atoms with van der Waals surface area (Å²) in [4.78, 5) is 15.1. The molecule has 0 amide bonds. The molecular formula is C23H30F2N4O3. The number of nitrogens with zero attached hydrogens (tertiary/aromatic N) is 1. The molecule has 174 valence electrons. The maximum atomic E-state index is 12.3. The SMILES string of the molecule is CC(C)Nc1cc(C=O)cnc1C(=N)c1cccc(OC(F)F)c1.CNC1(C)CCOC1. The molecule has 1 aromatic heterocycles. The van der Waals surface area contributed by atoms with E-state index in [1.54, 1.807) is 12.1 Å². The molecule has 0 spiro atoms. The first-order valence-electron chi connectivity index (χ1n) is 10.3. The second kappa shape index (κ2) is 11.6. The monoisotopic (exact) mass is 448 g/mol. The lowest BCUT2D eigenvalue weighted by Gasteiger charge is -2.19. The lowest BCUT2D eigenvalue weighted by atomic mass is 10.0. The van der Waals surface area contributed by atoms with Crippen LogP contribution in [0, 0.1) is 5.41 Å². The Morgan fingerprint density at radius 3 is 2.62 bits per heavy atom. The number of alkyl halides is 2. The van der Waals surface area contributed by atoms with E-state index in [1.165, 1.54) is 24.4 Å². The van der Waals surface area contributed by atoms with Crippen molar-refractivity contribution in [3.05, 3.63) is 53.3 Å². The molecule has 7 nitrogen and oxygen atoms in total. The number of hydrogen-bond donors (Lipinski definition) is 3. The van der Waals surface area contributed by atoms with Crippen molar-refractivity contribution in [2.45, 2.75) is 45.4 Å². The molecule has 1 aliphatic rings. The van der Waals surface area contributed by atoms with Gasteiger partial charge in [-0.2, -0.15) is 8.78 Å². The molecule has 1 fully saturated rings. The molecule has 1 atom stereocenters. The van der Waals surface area contributed by atoms with Crippen LogP contribution in [0.2, 0.25) is 0 Å². The summed E-state index contributed by atoms with van der Waals surface area (Å²) in [5.41, 5.74) is 1.91. The molecule has 9 heteroatoms. The zero-order valence-corrected chi connectivity index (χ0v) is 18.7. The van der Waals surface area contributed by atoms with Gasteiger partial charge in [0, 0.05) is 35.5 Å². The van der Waals surface area contributed by atoms with Crippen molar-refractivity contribution in [3.8, 4) is 5.75 Å². The van der Waals surface area contributed by atoms with Crippen molar-refractivity contribution >= 4 is 17.7 Å². The van der Waals surface area contributed by atoms with Crippen LogP contribution in [0.1, 0.15) is 48.8 Å². The zero-order valence-electron chi connectivity index (χ0n) is 18.7. The largest absolute Gasteiger partial charge is 0.435 e. The molecule has 3 N–H and O–H groups in total. The molecule has 0 saturated carbocycles. The Morgan fingerprint density at radius 1 is 1.34 bits per heavy atom. The average molecular weight is 449 g/mol. The van der Waals surface area contributed by atoms with E-state index in [2.05, 4.69) is 27.3 Å². The number of anilines is 1. The minimum atomic E-state index is -2.93. The van der Waals surface area contributed by atoms with Crippen LogP contribution in [0.25, 0.3) is 0 Å². The predicted molar refractivity (Wildman–Crippen MR) is 120 cm³/mol. The first kappa shape index (κ1) is 25.4. The minimum absolute atomic E-state index is 0.0323. The van der Waals surface area contributed by atoms with E-state index >= 15 is 0 Å². The summed E-state index contributed by atoms with van der Waals surface area (Å²) in [5.74, 6) is -0.0323. The molecule has 1 saturated heterocycles. The highest BCUT2D eigenvalue weighted by Gasteiger charge is 2.26. The number of likely N-dealkylation sites (N-methyl/N-ethyl adjacent to an activating group) is 1. The Morgan fingerprint density at radius 2 is 2.09 bits per heavy atom. The first-order chi connectivity index (χ1) is 15.2. The maximum absolute atomic E-state index is 12.3. The zero-order chi connectivity index (χ0) is 23.7.